The van der Waals surface area contributed by atoms with Crippen molar-refractivity contribution in [2.45, 2.75) is 98.0 Å². The van der Waals surface area contributed by atoms with Gasteiger partial charge in [0.25, 0.3) is 0 Å². The number of carbonyl (C=O) groups is 2. The molecule has 4 saturated carbocycles. The van der Waals surface area contributed by atoms with E-state index in [9.17, 15) is 14.7 Å². The third kappa shape index (κ3) is 3.27. The van der Waals surface area contributed by atoms with Crippen molar-refractivity contribution in [2.24, 2.45) is 52.3 Å². The number of aliphatic hydroxyl groups is 1. The number of hydrogen-bond donors (Lipinski definition) is 2. The highest BCUT2D eigenvalue weighted by Gasteiger charge is 2.65. The van der Waals surface area contributed by atoms with Gasteiger partial charge in [-0.2, -0.15) is 0 Å². The summed E-state index contributed by atoms with van der Waals surface area (Å²) in [5.41, 5.74) is 0.358. The van der Waals surface area contributed by atoms with Crippen molar-refractivity contribution >= 4 is 11.8 Å². The zero-order chi connectivity index (χ0) is 21.8. The number of carboxylic acid groups (broad SMARTS) is 1. The molecule has 1 unspecified atom stereocenters. The van der Waals surface area contributed by atoms with Crippen molar-refractivity contribution in [1.82, 2.24) is 0 Å². The maximum Gasteiger partial charge on any atom is 0.303 e. The van der Waals surface area contributed by atoms with E-state index < -0.39 is 5.97 Å². The first-order chi connectivity index (χ1) is 14.1. The quantitative estimate of drug-likeness (QED) is 0.633. The Labute approximate surface area is 182 Å². The van der Waals surface area contributed by atoms with Gasteiger partial charge in [0.15, 0.2) is 0 Å². The van der Waals surface area contributed by atoms with Crippen molar-refractivity contribution in [3.8, 4) is 0 Å². The second-order valence-corrected chi connectivity index (χ2v) is 11.8. The molecule has 0 aromatic carbocycles. The van der Waals surface area contributed by atoms with Gasteiger partial charge in [-0.1, -0.05) is 27.7 Å². The van der Waals surface area contributed by atoms with Crippen LogP contribution >= 0.6 is 0 Å². The van der Waals surface area contributed by atoms with Gasteiger partial charge in [-0.05, 0) is 98.2 Å². The number of ketones is 1. The number of carboxylic acids is 1. The van der Waals surface area contributed by atoms with Gasteiger partial charge in [0.2, 0.25) is 0 Å². The SMILES string of the molecule is CC[C@@H]1C(=O)[C@@H]2[C@H](CC[C@]3(C)[C@@H](C(C)CCC(=O)O)CC[C@@H]23)[C@@]2(C)CC[C@@H](O)C[C@@H]12. The molecule has 0 heterocycles. The highest BCUT2D eigenvalue weighted by molar-refractivity contribution is 5.86. The van der Waals surface area contributed by atoms with E-state index in [2.05, 4.69) is 27.7 Å². The van der Waals surface area contributed by atoms with Crippen LogP contribution < -0.4 is 0 Å². The number of aliphatic hydroxyl groups excluding tert-OH is 1. The fourth-order valence-electron chi connectivity index (χ4n) is 9.16. The van der Waals surface area contributed by atoms with Crippen LogP contribution in [0.4, 0.5) is 0 Å². The summed E-state index contributed by atoms with van der Waals surface area (Å²) in [5, 5.41) is 19.5. The van der Waals surface area contributed by atoms with Gasteiger partial charge in [-0.3, -0.25) is 9.59 Å². The van der Waals surface area contributed by atoms with E-state index in [1.807, 2.05) is 0 Å². The third-order valence-corrected chi connectivity index (χ3v) is 10.7. The number of Topliss-reactive ketones (excluding diaryl/α,β-unsaturated/α-hetero) is 1. The molecule has 4 fully saturated rings. The molecule has 0 saturated heterocycles. The van der Waals surface area contributed by atoms with Gasteiger partial charge < -0.3 is 10.2 Å². The fraction of sp³-hybridized carbons (Fsp3) is 0.923. The third-order valence-electron chi connectivity index (χ3n) is 10.7. The molecule has 4 aliphatic carbocycles. The lowest BCUT2D eigenvalue weighted by Crippen LogP contribution is -2.60. The molecule has 0 aromatic rings. The Balaban J connectivity index is 1.62. The molecule has 4 heteroatoms. The Kier molecular flexibility index (Phi) is 5.87. The Morgan fingerprint density at radius 3 is 2.40 bits per heavy atom. The van der Waals surface area contributed by atoms with E-state index in [-0.39, 0.29) is 35.2 Å². The molecular weight excluding hydrogens is 376 g/mol. The van der Waals surface area contributed by atoms with E-state index in [0.29, 0.717) is 35.4 Å². The van der Waals surface area contributed by atoms with Crippen LogP contribution in [0.25, 0.3) is 0 Å². The number of rotatable bonds is 5. The minimum absolute atomic E-state index is 0.108. The first-order valence-electron chi connectivity index (χ1n) is 12.6. The van der Waals surface area contributed by atoms with E-state index >= 15 is 0 Å². The molecule has 4 aliphatic rings. The highest BCUT2D eigenvalue weighted by Crippen LogP contribution is 2.68. The van der Waals surface area contributed by atoms with Crippen LogP contribution in [0.2, 0.25) is 0 Å². The van der Waals surface area contributed by atoms with Gasteiger partial charge in [0, 0.05) is 18.3 Å². The number of hydrogen-bond acceptors (Lipinski definition) is 3. The number of fused-ring (bicyclic) bond motifs is 5. The summed E-state index contributed by atoms with van der Waals surface area (Å²) in [6, 6.07) is 0. The number of aliphatic carboxylic acids is 1. The second kappa shape index (κ2) is 7.90. The summed E-state index contributed by atoms with van der Waals surface area (Å²) in [7, 11) is 0. The molecule has 30 heavy (non-hydrogen) atoms. The Morgan fingerprint density at radius 1 is 1.07 bits per heavy atom. The minimum atomic E-state index is -0.697. The van der Waals surface area contributed by atoms with Gasteiger partial charge in [-0.25, -0.2) is 0 Å². The second-order valence-electron chi connectivity index (χ2n) is 11.8. The van der Waals surface area contributed by atoms with E-state index in [1.54, 1.807) is 0 Å². The summed E-state index contributed by atoms with van der Waals surface area (Å²) >= 11 is 0. The Bertz CT molecular complexity index is 689. The molecule has 2 N–H and O–H groups in total. The Morgan fingerprint density at radius 2 is 1.73 bits per heavy atom. The van der Waals surface area contributed by atoms with Crippen molar-refractivity contribution < 1.29 is 19.8 Å². The van der Waals surface area contributed by atoms with Gasteiger partial charge in [0.1, 0.15) is 5.78 Å². The normalized spacial score (nSPS) is 49.1. The molecule has 0 aromatic heterocycles. The smallest absolute Gasteiger partial charge is 0.303 e. The van der Waals surface area contributed by atoms with Crippen molar-refractivity contribution in [3.63, 3.8) is 0 Å². The lowest BCUT2D eigenvalue weighted by molar-refractivity contribution is -0.173. The predicted molar refractivity (Wildman–Crippen MR) is 117 cm³/mol. The van der Waals surface area contributed by atoms with Gasteiger partial charge >= 0.3 is 5.97 Å². The van der Waals surface area contributed by atoms with Crippen LogP contribution in [0, 0.1) is 52.3 Å². The standard InChI is InChI=1S/C26H42O4/c1-5-17-21-14-16(27)10-12-26(21,4)20-11-13-25(3)18(15(2)6-9-22(28)29)7-8-19(25)23(20)24(17)30/h15-21,23,27H,5-14H2,1-4H3,(H,28,29)/t15?,16-,17+,18-,19+,20+,21+,23+,25-,26-/m1/s1. The summed E-state index contributed by atoms with van der Waals surface area (Å²) in [6.45, 7) is 9.28. The summed E-state index contributed by atoms with van der Waals surface area (Å²) < 4.78 is 0. The molecule has 0 spiro atoms. The predicted octanol–water partition coefficient (Wildman–Crippen LogP) is 5.32. The van der Waals surface area contributed by atoms with Gasteiger partial charge in [0.05, 0.1) is 6.10 Å². The molecule has 0 aliphatic heterocycles. The highest BCUT2D eigenvalue weighted by atomic mass is 16.4. The molecule has 10 atom stereocenters. The zero-order valence-electron chi connectivity index (χ0n) is 19.4. The van der Waals surface area contributed by atoms with Crippen molar-refractivity contribution in [3.05, 3.63) is 0 Å². The average molecular weight is 419 g/mol. The maximum absolute atomic E-state index is 13.9. The van der Waals surface area contributed by atoms with Crippen LogP contribution in [-0.2, 0) is 9.59 Å². The number of carbonyl (C=O) groups excluding carboxylic acids is 1. The zero-order valence-corrected chi connectivity index (χ0v) is 19.4. The summed E-state index contributed by atoms with van der Waals surface area (Å²) in [4.78, 5) is 25.0. The van der Waals surface area contributed by atoms with E-state index in [4.69, 9.17) is 5.11 Å². The molecule has 0 radical (unpaired) electrons. The van der Waals surface area contributed by atoms with Crippen molar-refractivity contribution in [1.29, 1.82) is 0 Å². The van der Waals surface area contributed by atoms with Crippen LogP contribution in [-0.4, -0.2) is 28.1 Å². The molecule has 170 valence electrons. The van der Waals surface area contributed by atoms with Crippen molar-refractivity contribution in [2.75, 3.05) is 0 Å². The van der Waals surface area contributed by atoms with Gasteiger partial charge in [-0.15, -0.1) is 0 Å². The average Bonchev–Trinajstić information content (AvgIpc) is 3.05. The minimum Gasteiger partial charge on any atom is -0.481 e. The lowest BCUT2D eigenvalue weighted by atomic mass is 9.42. The van der Waals surface area contributed by atoms with Crippen LogP contribution in [0.15, 0.2) is 0 Å². The first kappa shape index (κ1) is 22.3. The molecule has 4 rings (SSSR count). The fourth-order valence-corrected chi connectivity index (χ4v) is 9.16. The summed E-state index contributed by atoms with van der Waals surface area (Å²) in [6.07, 6.45) is 9.01. The largest absolute Gasteiger partial charge is 0.481 e. The topological polar surface area (TPSA) is 74.6 Å². The lowest BCUT2D eigenvalue weighted by Gasteiger charge is -2.62. The molecule has 4 nitrogen and oxygen atoms in total. The maximum atomic E-state index is 13.9. The van der Waals surface area contributed by atoms with E-state index in [0.717, 1.165) is 51.4 Å². The Hall–Kier alpha value is -0.900. The van der Waals surface area contributed by atoms with E-state index in [1.165, 1.54) is 6.42 Å². The summed E-state index contributed by atoms with van der Waals surface area (Å²) in [5.74, 6) is 2.31. The molecule has 0 amide bonds. The molecule has 0 bridgehead atoms. The first-order valence-corrected chi connectivity index (χ1v) is 12.6. The van der Waals surface area contributed by atoms with Crippen LogP contribution in [0.1, 0.15) is 91.9 Å². The van der Waals surface area contributed by atoms with Crippen LogP contribution in [0.5, 0.6) is 0 Å². The molecular formula is C26H42O4. The monoisotopic (exact) mass is 418 g/mol. The van der Waals surface area contributed by atoms with Crippen LogP contribution in [0.3, 0.4) is 0 Å².